The molecule has 0 rings (SSSR count). The second-order valence-corrected chi connectivity index (χ2v) is 36.3. The van der Waals surface area contributed by atoms with Crippen LogP contribution in [0.5, 0.6) is 0 Å². The molecule has 0 heterocycles. The fourth-order valence-electron chi connectivity index (χ4n) is 16.5. The lowest BCUT2D eigenvalue weighted by atomic mass is 9.92. The molecule has 0 atom stereocenters. The second kappa shape index (κ2) is 97.5. The molecule has 0 saturated heterocycles. The molecule has 0 aliphatic heterocycles. The van der Waals surface area contributed by atoms with Crippen molar-refractivity contribution in [2.45, 2.75) is 543 Å². The molecule has 5 N–H and O–H groups in total. The number of hydrogen-bond acceptors (Lipinski definition) is 8. The van der Waals surface area contributed by atoms with Gasteiger partial charge in [0.25, 0.3) is 0 Å². The third-order valence-corrected chi connectivity index (χ3v) is 24.5. The summed E-state index contributed by atoms with van der Waals surface area (Å²) in [5.74, 6) is 36.2. The van der Waals surface area contributed by atoms with Crippen molar-refractivity contribution in [2.75, 3.05) is 46.3 Å². The van der Waals surface area contributed by atoms with Crippen LogP contribution in [-0.2, 0) is 38.2 Å². The number of carbonyl (C=O) groups excluding carboxylic acids is 2. The van der Waals surface area contributed by atoms with Crippen molar-refractivity contribution in [1.29, 1.82) is 0 Å². The maximum Gasteiger partial charge on any atom is 0.303 e. The minimum absolute atomic E-state index is 0.0497. The highest BCUT2D eigenvalue weighted by atomic mass is 16.5. The largest absolute Gasteiger partial charge is 0.481 e. The van der Waals surface area contributed by atoms with Crippen LogP contribution >= 0.6 is 0 Å². The molecule has 127 heavy (non-hydrogen) atoms. The molecule has 0 bridgehead atoms. The Hall–Kier alpha value is -6.01. The Kier molecular flexibility index (Phi) is 92.9. The van der Waals surface area contributed by atoms with Gasteiger partial charge in [-0.2, -0.15) is 0 Å². The highest BCUT2D eigenvalue weighted by Gasteiger charge is 2.14. The van der Waals surface area contributed by atoms with E-state index in [0.717, 1.165) is 238 Å². The molecule has 0 radical (unpaired) electrons. The van der Waals surface area contributed by atoms with Gasteiger partial charge in [-0.3, -0.25) is 24.0 Å². The molecule has 0 aliphatic carbocycles. The van der Waals surface area contributed by atoms with Crippen LogP contribution in [0.15, 0.2) is 44.6 Å². The predicted molar refractivity (Wildman–Crippen MR) is 539 cm³/mol. The van der Waals surface area contributed by atoms with E-state index in [2.05, 4.69) is 97.5 Å². The number of hydrogen-bond donors (Lipinski definition) is 5. The van der Waals surface area contributed by atoms with Crippen LogP contribution in [0.2, 0.25) is 0 Å². The third-order valence-electron chi connectivity index (χ3n) is 24.5. The molecule has 0 saturated carbocycles. The fourth-order valence-corrected chi connectivity index (χ4v) is 16.5. The first-order valence-electron chi connectivity index (χ1n) is 53.5. The van der Waals surface area contributed by atoms with Crippen molar-refractivity contribution in [1.82, 2.24) is 10.6 Å². The lowest BCUT2D eigenvalue weighted by Crippen LogP contribution is -2.27. The van der Waals surface area contributed by atoms with Gasteiger partial charge in [0.2, 0.25) is 11.8 Å². The Morgan fingerprint density at radius 2 is 0.386 bits per heavy atom. The van der Waals surface area contributed by atoms with E-state index in [1.54, 1.807) is 6.92 Å². The van der Waals surface area contributed by atoms with Gasteiger partial charge in [0.05, 0.1) is 33.0 Å². The van der Waals surface area contributed by atoms with Crippen LogP contribution in [0.25, 0.3) is 0 Å². The van der Waals surface area contributed by atoms with E-state index in [4.69, 9.17) is 14.2 Å². The second-order valence-electron chi connectivity index (χ2n) is 36.3. The summed E-state index contributed by atoms with van der Waals surface area (Å²) < 4.78 is 16.7. The molecule has 0 fully saturated rings. The van der Waals surface area contributed by atoms with Gasteiger partial charge in [-0.25, -0.2) is 0 Å². The van der Waals surface area contributed by atoms with Crippen molar-refractivity contribution in [3.8, 4) is 59.2 Å². The number of aliphatic carboxylic acids is 3. The van der Waals surface area contributed by atoms with Crippen LogP contribution in [0.4, 0.5) is 0 Å². The van der Waals surface area contributed by atoms with Gasteiger partial charge in [-0.15, -0.1) is 11.8 Å². The van der Waals surface area contributed by atoms with Crippen LogP contribution < -0.4 is 10.6 Å². The molecule has 0 unspecified atom stereocenters. The fraction of sp³-hybridized carbons (Fsp3) is 0.798. The normalized spacial score (nSPS) is 11.9. The monoisotopic (exact) mass is 1770 g/mol. The van der Waals surface area contributed by atoms with Gasteiger partial charge in [-0.05, 0) is 142 Å². The molecular formula is C114H194N2O11. The lowest BCUT2D eigenvalue weighted by Gasteiger charge is -2.11. The minimum Gasteiger partial charge on any atom is -0.481 e. The van der Waals surface area contributed by atoms with Crippen molar-refractivity contribution in [3.05, 3.63) is 44.6 Å². The maximum atomic E-state index is 13.0. The predicted octanol–water partition coefficient (Wildman–Crippen LogP) is 31.9. The number of carboxylic acids is 3. The van der Waals surface area contributed by atoms with E-state index in [9.17, 15) is 39.3 Å². The first-order valence-corrected chi connectivity index (χ1v) is 53.5. The summed E-state index contributed by atoms with van der Waals surface area (Å²) in [4.78, 5) is 58.8. The summed E-state index contributed by atoms with van der Waals surface area (Å²) in [5, 5.41) is 34.0. The quantitative estimate of drug-likeness (QED) is 0.0221. The highest BCUT2D eigenvalue weighted by molar-refractivity contribution is 5.76. The Bertz CT molecular complexity index is 3150. The first-order chi connectivity index (χ1) is 62.3. The van der Waals surface area contributed by atoms with E-state index >= 15 is 0 Å². The van der Waals surface area contributed by atoms with Crippen LogP contribution in [0.1, 0.15) is 543 Å². The van der Waals surface area contributed by atoms with Gasteiger partial charge >= 0.3 is 17.9 Å². The van der Waals surface area contributed by atoms with Crippen molar-refractivity contribution >= 4 is 29.7 Å². The average Bonchev–Trinajstić information content (AvgIpc) is 0.959. The molecule has 726 valence electrons. The number of ether oxygens (including phenoxy) is 3. The maximum absolute atomic E-state index is 13.0. The Morgan fingerprint density at radius 1 is 0.205 bits per heavy atom. The zero-order valence-electron chi connectivity index (χ0n) is 83.5. The summed E-state index contributed by atoms with van der Waals surface area (Å²) in [6, 6.07) is 0. The molecule has 0 aromatic rings. The van der Waals surface area contributed by atoms with Crippen LogP contribution in [0, 0.1) is 59.2 Å². The molecule has 0 aliphatic rings. The van der Waals surface area contributed by atoms with E-state index < -0.39 is 17.9 Å². The summed E-state index contributed by atoms with van der Waals surface area (Å²) in [7, 11) is 0. The molecule has 0 aromatic carbocycles. The molecule has 2 amide bonds. The summed E-state index contributed by atoms with van der Waals surface area (Å²) in [5.41, 5.74) is 9.46. The van der Waals surface area contributed by atoms with E-state index in [1.165, 1.54) is 263 Å². The van der Waals surface area contributed by atoms with Crippen molar-refractivity contribution in [2.24, 2.45) is 0 Å². The Labute approximate surface area is 782 Å². The van der Waals surface area contributed by atoms with E-state index in [0.29, 0.717) is 58.8 Å². The first kappa shape index (κ1) is 121. The standard InChI is InChI=1S/C114H194N2O11/c1-8-15-19-23-27-31-35-39-51-63-77-102(75-12-5)105(80-66-57-45-49-61-73-87-113(121)122)90-91-106(81-67-53-41-37-33-29-25-21-17-10-3)109(84-69-56-43-47-59-71-85-111(118)115-95-96-125-97-98-126-99-100-127-101-116-110(117)14-7)94-93-108(82-68-54-42-38-34-30-26-22-18-11-4)107(83-70-58-46-50-62-74-88-114(123)124)92-89-104(79-65-52-40-36-32-28-24-20-16-9-2)103(76-13-6)78-64-55-44-48-60-72-86-112(119)120/h8-11,14-74,77-88,95-101H2,1-7H3,(H,115,118)(H,116,117)(H,119,120)(H,121,122)(H,123,124)/b104-103-,105-102-,108-107+,109-106+. The van der Waals surface area contributed by atoms with Gasteiger partial charge in [0.1, 0.15) is 6.73 Å². The van der Waals surface area contributed by atoms with Crippen molar-refractivity contribution < 1.29 is 53.5 Å². The van der Waals surface area contributed by atoms with Gasteiger partial charge in [-0.1, -0.05) is 416 Å². The highest BCUT2D eigenvalue weighted by Crippen LogP contribution is 2.29. The molecule has 0 spiro atoms. The summed E-state index contributed by atoms with van der Waals surface area (Å²) in [6.07, 6.45) is 82.5. The number of carboxylic acid groups (broad SMARTS) is 3. The summed E-state index contributed by atoms with van der Waals surface area (Å²) >= 11 is 0. The number of nitrogens with one attached hydrogen (secondary N) is 2. The zero-order chi connectivity index (χ0) is 92.5. The Balaban J connectivity index is 8.82. The molecule has 0 aromatic heterocycles. The molecular weight excluding hydrogens is 1570 g/mol. The molecule has 13 nitrogen and oxygen atoms in total. The number of unbranched alkanes of at least 4 members (excludes halogenated alkanes) is 56. The number of allylic oxidation sites excluding steroid dienone is 8. The van der Waals surface area contributed by atoms with Crippen LogP contribution in [0.3, 0.4) is 0 Å². The lowest BCUT2D eigenvalue weighted by molar-refractivity contribution is -0.138. The SMILES string of the molecule is CC#C/C(CCCCCCCCCCCC)=C(/C#C/C(CCCCCCCCCCCC)=C(/C#C/C(CCCCCCCCCCCC)=C(/C#C/C(CCCCCCCCCCCC)=C(/C#CC)CCCCCCCCC(=O)O)CCCCCCCCC(=O)O)CCCCCCCCC(=O)NCCOCCOCCOCNC(=O)CC)CCCCCCCCC(=O)O. The van der Waals surface area contributed by atoms with E-state index in [-0.39, 0.29) is 37.8 Å². The van der Waals surface area contributed by atoms with Gasteiger partial charge in [0.15, 0.2) is 0 Å². The third kappa shape index (κ3) is 85.2. The average molecular weight is 1770 g/mol. The van der Waals surface area contributed by atoms with Gasteiger partial charge < -0.3 is 40.2 Å². The Morgan fingerprint density at radius 3 is 0.591 bits per heavy atom. The zero-order valence-corrected chi connectivity index (χ0v) is 83.5. The van der Waals surface area contributed by atoms with E-state index in [1.807, 2.05) is 13.8 Å². The molecule has 13 heteroatoms. The smallest absolute Gasteiger partial charge is 0.303 e. The van der Waals surface area contributed by atoms with Crippen molar-refractivity contribution in [3.63, 3.8) is 0 Å². The number of carbonyl (C=O) groups is 5. The number of rotatable bonds is 92. The van der Waals surface area contributed by atoms with Crippen LogP contribution in [-0.4, -0.2) is 91.4 Å². The number of amides is 2. The summed E-state index contributed by atoms with van der Waals surface area (Å²) in [6.45, 7) is 17.6. The van der Waals surface area contributed by atoms with Gasteiger partial charge in [0, 0.05) is 83.2 Å². The topological polar surface area (TPSA) is 198 Å². The minimum atomic E-state index is -0.723.